The highest BCUT2D eigenvalue weighted by molar-refractivity contribution is 8.11. The van der Waals surface area contributed by atoms with E-state index in [1.54, 1.807) is 11.8 Å². The van der Waals surface area contributed by atoms with Gasteiger partial charge in [-0.2, -0.15) is 11.8 Å². The Bertz CT molecular complexity index is 190. The average Bonchev–Trinajstić information content (AvgIpc) is 2.11. The first kappa shape index (κ1) is 5.11. The van der Waals surface area contributed by atoms with Crippen molar-refractivity contribution >= 4 is 21.6 Å². The summed E-state index contributed by atoms with van der Waals surface area (Å²) in [6, 6.07) is 0. The van der Waals surface area contributed by atoms with Crippen LogP contribution in [0.3, 0.4) is 0 Å². The summed E-state index contributed by atoms with van der Waals surface area (Å²) in [5.74, 6) is 0.894. The standard InChI is InChI=1S/C4H6O2S2/c5-8(6)1-3-4(2-8)7-3/h3-4H,1-2H2/t3-,4-/m0/s1. The predicted molar refractivity (Wildman–Crippen MR) is 33.8 cm³/mol. The second-order valence-electron chi connectivity index (χ2n) is 2.29. The van der Waals surface area contributed by atoms with Crippen LogP contribution >= 0.6 is 11.8 Å². The lowest BCUT2D eigenvalue weighted by atomic mass is 10.4. The van der Waals surface area contributed by atoms with E-state index in [9.17, 15) is 8.42 Å². The molecule has 0 N–H and O–H groups in total. The quantitative estimate of drug-likeness (QED) is 0.452. The smallest absolute Gasteiger partial charge is 0.152 e. The zero-order valence-electron chi connectivity index (χ0n) is 4.20. The Morgan fingerprint density at radius 1 is 1.25 bits per heavy atom. The summed E-state index contributed by atoms with van der Waals surface area (Å²) < 4.78 is 21.3. The normalized spacial score (nSPS) is 48.5. The third-order valence-electron chi connectivity index (χ3n) is 1.52. The minimum absolute atomic E-state index is 0.447. The molecule has 2 rings (SSSR count). The highest BCUT2D eigenvalue weighted by Crippen LogP contribution is 2.47. The number of rotatable bonds is 0. The molecule has 8 heavy (non-hydrogen) atoms. The molecule has 0 saturated carbocycles. The Hall–Kier alpha value is 0.300. The van der Waals surface area contributed by atoms with Gasteiger partial charge in [0.2, 0.25) is 0 Å². The third-order valence-corrected chi connectivity index (χ3v) is 5.06. The third kappa shape index (κ3) is 0.666. The van der Waals surface area contributed by atoms with Crippen molar-refractivity contribution in [2.24, 2.45) is 0 Å². The van der Waals surface area contributed by atoms with E-state index in [1.165, 1.54) is 0 Å². The van der Waals surface area contributed by atoms with Crippen LogP contribution in [0.4, 0.5) is 0 Å². The lowest BCUT2D eigenvalue weighted by Crippen LogP contribution is -2.05. The Kier molecular flexibility index (Phi) is 0.791. The molecule has 0 aliphatic carbocycles. The minimum atomic E-state index is -2.57. The molecule has 2 aliphatic rings. The van der Waals surface area contributed by atoms with Crippen LogP contribution in [0.25, 0.3) is 0 Å². The molecule has 2 nitrogen and oxygen atoms in total. The molecule has 0 aromatic rings. The van der Waals surface area contributed by atoms with Gasteiger partial charge >= 0.3 is 0 Å². The molecule has 2 aliphatic heterocycles. The van der Waals surface area contributed by atoms with Crippen LogP contribution < -0.4 is 0 Å². The van der Waals surface area contributed by atoms with E-state index in [0.717, 1.165) is 0 Å². The lowest BCUT2D eigenvalue weighted by Gasteiger charge is -1.89. The Morgan fingerprint density at radius 3 is 2.00 bits per heavy atom. The van der Waals surface area contributed by atoms with E-state index in [-0.39, 0.29) is 0 Å². The van der Waals surface area contributed by atoms with Crippen molar-refractivity contribution < 1.29 is 8.42 Å². The van der Waals surface area contributed by atoms with Crippen molar-refractivity contribution in [2.75, 3.05) is 11.5 Å². The van der Waals surface area contributed by atoms with E-state index in [4.69, 9.17) is 0 Å². The summed E-state index contributed by atoms with van der Waals surface area (Å²) in [6.45, 7) is 0. The van der Waals surface area contributed by atoms with Crippen LogP contribution in [-0.4, -0.2) is 30.4 Å². The summed E-state index contributed by atoms with van der Waals surface area (Å²) in [5.41, 5.74) is 0. The molecule has 0 bridgehead atoms. The monoisotopic (exact) mass is 150 g/mol. The number of fused-ring (bicyclic) bond motifs is 1. The van der Waals surface area contributed by atoms with Crippen LogP contribution in [0.5, 0.6) is 0 Å². The fraction of sp³-hybridized carbons (Fsp3) is 1.00. The molecule has 4 heteroatoms. The van der Waals surface area contributed by atoms with Gasteiger partial charge in [-0.15, -0.1) is 0 Å². The van der Waals surface area contributed by atoms with Crippen LogP contribution in [0, 0.1) is 0 Å². The number of sulfone groups is 1. The molecule has 2 heterocycles. The molecule has 2 fully saturated rings. The first-order valence-electron chi connectivity index (χ1n) is 2.53. The second-order valence-corrected chi connectivity index (χ2v) is 5.93. The van der Waals surface area contributed by atoms with Crippen molar-refractivity contribution in [3.63, 3.8) is 0 Å². The van der Waals surface area contributed by atoms with E-state index in [2.05, 4.69) is 0 Å². The molecule has 2 atom stereocenters. The van der Waals surface area contributed by atoms with Crippen LogP contribution in [0.1, 0.15) is 0 Å². The first-order chi connectivity index (χ1) is 3.67. The molecule has 0 aromatic carbocycles. The van der Waals surface area contributed by atoms with Crippen LogP contribution in [0.15, 0.2) is 0 Å². The maximum atomic E-state index is 10.7. The van der Waals surface area contributed by atoms with Gasteiger partial charge in [-0.25, -0.2) is 8.42 Å². The first-order valence-corrected chi connectivity index (χ1v) is 5.30. The van der Waals surface area contributed by atoms with Gasteiger partial charge in [0.25, 0.3) is 0 Å². The van der Waals surface area contributed by atoms with Crippen molar-refractivity contribution in [3.8, 4) is 0 Å². The lowest BCUT2D eigenvalue weighted by molar-refractivity contribution is 0.602. The summed E-state index contributed by atoms with van der Waals surface area (Å²) in [7, 11) is -2.57. The zero-order chi connectivity index (χ0) is 5.78. The zero-order valence-corrected chi connectivity index (χ0v) is 5.83. The molecule has 0 spiro atoms. The molecular formula is C4H6O2S2. The largest absolute Gasteiger partial charge is 0.229 e. The highest BCUT2D eigenvalue weighted by Gasteiger charge is 2.50. The maximum Gasteiger partial charge on any atom is 0.152 e. The maximum absolute atomic E-state index is 10.7. The highest BCUT2D eigenvalue weighted by atomic mass is 32.2. The summed E-state index contributed by atoms with van der Waals surface area (Å²) in [5, 5.41) is 0.972. The van der Waals surface area contributed by atoms with Crippen molar-refractivity contribution in [2.45, 2.75) is 10.5 Å². The molecule has 0 aromatic heterocycles. The minimum Gasteiger partial charge on any atom is -0.229 e. The average molecular weight is 150 g/mol. The van der Waals surface area contributed by atoms with E-state index < -0.39 is 9.84 Å². The molecular weight excluding hydrogens is 144 g/mol. The molecule has 0 radical (unpaired) electrons. The predicted octanol–water partition coefficient (Wildman–Crippen LogP) is -0.101. The Balaban J connectivity index is 2.30. The van der Waals surface area contributed by atoms with Gasteiger partial charge in [0.15, 0.2) is 9.84 Å². The van der Waals surface area contributed by atoms with Crippen LogP contribution in [0.2, 0.25) is 0 Å². The Labute approximate surface area is 52.6 Å². The van der Waals surface area contributed by atoms with Gasteiger partial charge in [-0.05, 0) is 0 Å². The summed E-state index contributed by atoms with van der Waals surface area (Å²) >= 11 is 1.80. The fourth-order valence-electron chi connectivity index (χ4n) is 1.04. The van der Waals surface area contributed by atoms with Crippen molar-refractivity contribution in [1.29, 1.82) is 0 Å². The van der Waals surface area contributed by atoms with E-state index in [0.29, 0.717) is 22.0 Å². The van der Waals surface area contributed by atoms with Crippen molar-refractivity contribution in [3.05, 3.63) is 0 Å². The van der Waals surface area contributed by atoms with E-state index in [1.807, 2.05) is 0 Å². The number of thioether (sulfide) groups is 1. The number of hydrogen-bond donors (Lipinski definition) is 0. The van der Waals surface area contributed by atoms with Gasteiger partial charge < -0.3 is 0 Å². The Morgan fingerprint density at radius 2 is 1.75 bits per heavy atom. The van der Waals surface area contributed by atoms with Gasteiger partial charge in [0.05, 0.1) is 11.5 Å². The topological polar surface area (TPSA) is 34.1 Å². The van der Waals surface area contributed by atoms with Gasteiger partial charge in [0.1, 0.15) is 0 Å². The van der Waals surface area contributed by atoms with Gasteiger partial charge in [-0.1, -0.05) is 0 Å². The SMILES string of the molecule is O=S1(=O)C[C@@H]2S[C@H]2C1. The molecule has 2 saturated heterocycles. The molecule has 46 valence electrons. The van der Waals surface area contributed by atoms with Gasteiger partial charge in [-0.3, -0.25) is 0 Å². The fourth-order valence-corrected chi connectivity index (χ4v) is 5.31. The van der Waals surface area contributed by atoms with Crippen molar-refractivity contribution in [1.82, 2.24) is 0 Å². The van der Waals surface area contributed by atoms with Gasteiger partial charge in [0, 0.05) is 10.5 Å². The second kappa shape index (κ2) is 1.24. The number of hydrogen-bond acceptors (Lipinski definition) is 3. The van der Waals surface area contributed by atoms with E-state index >= 15 is 0 Å². The summed E-state index contributed by atoms with van der Waals surface area (Å²) in [6.07, 6.45) is 0. The molecule has 0 unspecified atom stereocenters. The molecule has 0 amide bonds. The summed E-state index contributed by atoms with van der Waals surface area (Å²) in [4.78, 5) is 0. The van der Waals surface area contributed by atoms with Crippen LogP contribution in [-0.2, 0) is 9.84 Å².